The molecule has 0 aliphatic heterocycles. The molecule has 1 aromatic rings. The summed E-state index contributed by atoms with van der Waals surface area (Å²) in [7, 11) is 0.705. The Kier molecular flexibility index (Phi) is 7.16. The molecule has 2 unspecified atom stereocenters. The SMILES string of the molecule is CCCNC(COC)CS(=O)c1ccccc1C. The first kappa shape index (κ1) is 15.3. The van der Waals surface area contributed by atoms with Crippen LogP contribution in [0.3, 0.4) is 0 Å². The summed E-state index contributed by atoms with van der Waals surface area (Å²) in [6.07, 6.45) is 1.07. The van der Waals surface area contributed by atoms with E-state index in [4.69, 9.17) is 4.74 Å². The molecule has 0 spiro atoms. The maximum atomic E-state index is 12.3. The maximum absolute atomic E-state index is 12.3. The van der Waals surface area contributed by atoms with Gasteiger partial charge in [-0.3, -0.25) is 4.21 Å². The van der Waals surface area contributed by atoms with Gasteiger partial charge in [-0.15, -0.1) is 0 Å². The van der Waals surface area contributed by atoms with E-state index in [9.17, 15) is 4.21 Å². The summed E-state index contributed by atoms with van der Waals surface area (Å²) < 4.78 is 17.5. The predicted molar refractivity (Wildman–Crippen MR) is 76.4 cm³/mol. The molecule has 1 N–H and O–H groups in total. The molecule has 0 aliphatic rings. The van der Waals surface area contributed by atoms with Crippen LogP contribution in [0.25, 0.3) is 0 Å². The minimum absolute atomic E-state index is 0.149. The number of rotatable bonds is 8. The third-order valence-electron chi connectivity index (χ3n) is 2.74. The summed E-state index contributed by atoms with van der Waals surface area (Å²) in [5.74, 6) is 0.596. The summed E-state index contributed by atoms with van der Waals surface area (Å²) >= 11 is 0. The second-order valence-electron chi connectivity index (χ2n) is 4.38. The molecule has 0 aliphatic carbocycles. The first-order chi connectivity index (χ1) is 8.69. The zero-order chi connectivity index (χ0) is 13.4. The van der Waals surface area contributed by atoms with Crippen molar-refractivity contribution in [1.29, 1.82) is 0 Å². The van der Waals surface area contributed by atoms with E-state index in [1.807, 2.05) is 31.2 Å². The molecular formula is C14H23NO2S. The van der Waals surface area contributed by atoms with Gasteiger partial charge in [-0.2, -0.15) is 0 Å². The van der Waals surface area contributed by atoms with Crippen molar-refractivity contribution < 1.29 is 8.95 Å². The van der Waals surface area contributed by atoms with Gasteiger partial charge >= 0.3 is 0 Å². The molecule has 0 heterocycles. The van der Waals surface area contributed by atoms with E-state index in [1.54, 1.807) is 7.11 Å². The number of nitrogens with one attached hydrogen (secondary N) is 1. The van der Waals surface area contributed by atoms with Gasteiger partial charge in [0.1, 0.15) is 0 Å². The van der Waals surface area contributed by atoms with E-state index in [1.165, 1.54) is 0 Å². The standard InChI is InChI=1S/C14H23NO2S/c1-4-9-15-13(10-17-3)11-18(16)14-8-6-5-7-12(14)2/h5-8,13,15H,4,9-11H2,1-3H3. The average Bonchev–Trinajstić information content (AvgIpc) is 2.36. The molecular weight excluding hydrogens is 246 g/mol. The lowest BCUT2D eigenvalue weighted by molar-refractivity contribution is 0.173. The van der Waals surface area contributed by atoms with Crippen molar-refractivity contribution in [3.63, 3.8) is 0 Å². The topological polar surface area (TPSA) is 38.3 Å². The first-order valence-corrected chi connectivity index (χ1v) is 7.67. The minimum atomic E-state index is -0.973. The van der Waals surface area contributed by atoms with Crippen molar-refractivity contribution in [2.24, 2.45) is 0 Å². The van der Waals surface area contributed by atoms with Crippen LogP contribution in [0.4, 0.5) is 0 Å². The molecule has 2 atom stereocenters. The Labute approximate surface area is 112 Å². The molecule has 4 heteroatoms. The maximum Gasteiger partial charge on any atom is 0.0624 e. The number of ether oxygens (including phenoxy) is 1. The van der Waals surface area contributed by atoms with E-state index in [0.717, 1.165) is 23.4 Å². The second kappa shape index (κ2) is 8.40. The predicted octanol–water partition coefficient (Wildman–Crippen LogP) is 2.12. The smallest absolute Gasteiger partial charge is 0.0624 e. The highest BCUT2D eigenvalue weighted by atomic mass is 32.2. The molecule has 0 aromatic heterocycles. The van der Waals surface area contributed by atoms with Crippen molar-refractivity contribution in [3.8, 4) is 0 Å². The van der Waals surface area contributed by atoms with Crippen LogP contribution >= 0.6 is 0 Å². The fourth-order valence-electron chi connectivity index (χ4n) is 1.80. The fourth-order valence-corrected chi connectivity index (χ4v) is 3.22. The highest BCUT2D eigenvalue weighted by molar-refractivity contribution is 7.85. The molecule has 18 heavy (non-hydrogen) atoms. The Balaban J connectivity index is 2.63. The van der Waals surface area contributed by atoms with Crippen molar-refractivity contribution in [1.82, 2.24) is 5.32 Å². The zero-order valence-electron chi connectivity index (χ0n) is 11.4. The Morgan fingerprint density at radius 1 is 1.39 bits per heavy atom. The van der Waals surface area contributed by atoms with Crippen molar-refractivity contribution in [2.75, 3.05) is 26.0 Å². The van der Waals surface area contributed by atoms with E-state index < -0.39 is 10.8 Å². The molecule has 0 fully saturated rings. The third-order valence-corrected chi connectivity index (χ3v) is 4.40. The second-order valence-corrected chi connectivity index (χ2v) is 5.85. The van der Waals surface area contributed by atoms with Crippen LogP contribution in [-0.4, -0.2) is 36.3 Å². The van der Waals surface area contributed by atoms with Gasteiger partial charge in [0.2, 0.25) is 0 Å². The van der Waals surface area contributed by atoms with Gasteiger partial charge in [-0.05, 0) is 31.5 Å². The average molecular weight is 269 g/mol. The minimum Gasteiger partial charge on any atom is -0.383 e. The number of hydrogen-bond acceptors (Lipinski definition) is 3. The van der Waals surface area contributed by atoms with Gasteiger partial charge in [-0.25, -0.2) is 0 Å². The van der Waals surface area contributed by atoms with Crippen LogP contribution in [0, 0.1) is 6.92 Å². The number of aryl methyl sites for hydroxylation is 1. The van der Waals surface area contributed by atoms with Gasteiger partial charge in [0, 0.05) is 23.8 Å². The van der Waals surface area contributed by atoms with Gasteiger partial charge in [-0.1, -0.05) is 25.1 Å². The van der Waals surface area contributed by atoms with Gasteiger partial charge in [0.25, 0.3) is 0 Å². The van der Waals surface area contributed by atoms with Crippen LogP contribution in [0.1, 0.15) is 18.9 Å². The highest BCUT2D eigenvalue weighted by Gasteiger charge is 2.14. The molecule has 3 nitrogen and oxygen atoms in total. The highest BCUT2D eigenvalue weighted by Crippen LogP contribution is 2.13. The van der Waals surface area contributed by atoms with Crippen LogP contribution in [0.5, 0.6) is 0 Å². The lowest BCUT2D eigenvalue weighted by Gasteiger charge is -2.17. The van der Waals surface area contributed by atoms with Crippen molar-refractivity contribution >= 4 is 10.8 Å². The summed E-state index contributed by atoms with van der Waals surface area (Å²) in [6, 6.07) is 7.99. The van der Waals surface area contributed by atoms with Crippen LogP contribution in [0.2, 0.25) is 0 Å². The van der Waals surface area contributed by atoms with Gasteiger partial charge in [0.15, 0.2) is 0 Å². The van der Waals surface area contributed by atoms with E-state index in [2.05, 4.69) is 12.2 Å². The zero-order valence-corrected chi connectivity index (χ0v) is 12.3. The van der Waals surface area contributed by atoms with Gasteiger partial charge < -0.3 is 10.1 Å². The van der Waals surface area contributed by atoms with Crippen LogP contribution in [-0.2, 0) is 15.5 Å². The largest absolute Gasteiger partial charge is 0.383 e. The third kappa shape index (κ3) is 4.88. The molecule has 0 saturated heterocycles. The lowest BCUT2D eigenvalue weighted by Crippen LogP contribution is -2.38. The molecule has 0 radical (unpaired) electrons. The normalized spacial score (nSPS) is 14.4. The van der Waals surface area contributed by atoms with E-state index in [0.29, 0.717) is 12.4 Å². The number of methoxy groups -OCH3 is 1. The molecule has 1 rings (SSSR count). The van der Waals surface area contributed by atoms with E-state index in [-0.39, 0.29) is 6.04 Å². The Morgan fingerprint density at radius 3 is 2.72 bits per heavy atom. The van der Waals surface area contributed by atoms with Crippen LogP contribution < -0.4 is 5.32 Å². The summed E-state index contributed by atoms with van der Waals surface area (Å²) in [4.78, 5) is 0.928. The molecule has 1 aromatic carbocycles. The summed E-state index contributed by atoms with van der Waals surface area (Å²) in [5.41, 5.74) is 1.09. The van der Waals surface area contributed by atoms with Gasteiger partial charge in [0.05, 0.1) is 17.4 Å². The van der Waals surface area contributed by atoms with Crippen molar-refractivity contribution in [2.45, 2.75) is 31.2 Å². The molecule has 0 bridgehead atoms. The quantitative estimate of drug-likeness (QED) is 0.785. The Bertz CT molecular complexity index is 382. The Hall–Kier alpha value is -0.710. The Morgan fingerprint density at radius 2 is 2.11 bits per heavy atom. The summed E-state index contributed by atoms with van der Waals surface area (Å²) in [5, 5.41) is 3.37. The summed E-state index contributed by atoms with van der Waals surface area (Å²) in [6.45, 7) is 5.64. The monoisotopic (exact) mass is 269 g/mol. The molecule has 102 valence electrons. The number of hydrogen-bond donors (Lipinski definition) is 1. The fraction of sp³-hybridized carbons (Fsp3) is 0.571. The van der Waals surface area contributed by atoms with Crippen LogP contribution in [0.15, 0.2) is 29.2 Å². The molecule has 0 saturated carbocycles. The van der Waals surface area contributed by atoms with Crippen molar-refractivity contribution in [3.05, 3.63) is 29.8 Å². The number of benzene rings is 1. The van der Waals surface area contributed by atoms with E-state index >= 15 is 0 Å². The lowest BCUT2D eigenvalue weighted by atomic mass is 10.2. The first-order valence-electron chi connectivity index (χ1n) is 6.35. The molecule has 0 amide bonds.